The third kappa shape index (κ3) is 7.10. The molecule has 0 bridgehead atoms. The molecular weight excluding hydrogens is 387 g/mol. The summed E-state index contributed by atoms with van der Waals surface area (Å²) in [7, 11) is -3.57. The van der Waals surface area contributed by atoms with Crippen LogP contribution in [-0.4, -0.2) is 51.3 Å². The molecule has 0 saturated carbocycles. The first-order valence-electron chi connectivity index (χ1n) is 8.10. The van der Waals surface area contributed by atoms with E-state index in [2.05, 4.69) is 21.4 Å². The summed E-state index contributed by atoms with van der Waals surface area (Å²) in [5.41, 5.74) is 0.457. The van der Waals surface area contributed by atoms with Crippen molar-refractivity contribution in [3.05, 3.63) is 36.3 Å². The largest absolute Gasteiger partial charge is 0.573 e. The summed E-state index contributed by atoms with van der Waals surface area (Å²) in [5, 5.41) is 3.64. The first-order chi connectivity index (χ1) is 12.6. The molecule has 11 heteroatoms. The fraction of sp³-hybridized carbons (Fsp3) is 0.438. The van der Waals surface area contributed by atoms with E-state index in [-0.39, 0.29) is 30.8 Å². The molecule has 1 aromatic carbocycles. The number of piperidine rings is 1. The molecule has 2 N–H and O–H groups in total. The van der Waals surface area contributed by atoms with Gasteiger partial charge in [-0.05, 0) is 37.1 Å². The van der Waals surface area contributed by atoms with Gasteiger partial charge >= 0.3 is 6.36 Å². The van der Waals surface area contributed by atoms with Crippen molar-refractivity contribution >= 4 is 21.6 Å². The van der Waals surface area contributed by atoms with E-state index in [1.54, 1.807) is 0 Å². The van der Waals surface area contributed by atoms with E-state index in [4.69, 9.17) is 0 Å². The van der Waals surface area contributed by atoms with Gasteiger partial charge in [0.2, 0.25) is 15.9 Å². The van der Waals surface area contributed by atoms with Crippen LogP contribution in [-0.2, 0) is 14.8 Å². The normalized spacial score (nSPS) is 18.0. The van der Waals surface area contributed by atoms with Crippen molar-refractivity contribution in [3.63, 3.8) is 0 Å². The lowest BCUT2D eigenvalue weighted by atomic mass is 10.1. The number of alkyl halides is 3. The molecule has 1 amide bonds. The highest BCUT2D eigenvalue weighted by Crippen LogP contribution is 2.24. The van der Waals surface area contributed by atoms with Crippen molar-refractivity contribution in [1.29, 1.82) is 0 Å². The zero-order valence-corrected chi connectivity index (χ0v) is 15.1. The van der Waals surface area contributed by atoms with E-state index in [1.807, 2.05) is 0 Å². The molecule has 1 unspecified atom stereocenters. The second-order valence-corrected chi connectivity index (χ2v) is 7.59. The minimum Gasteiger partial charge on any atom is -0.406 e. The number of halogens is 3. The number of benzene rings is 1. The molecule has 1 saturated heterocycles. The average molecular weight is 407 g/mol. The van der Waals surface area contributed by atoms with Gasteiger partial charge in [-0.3, -0.25) is 4.79 Å². The summed E-state index contributed by atoms with van der Waals surface area (Å²) in [6.45, 7) is 3.91. The summed E-state index contributed by atoms with van der Waals surface area (Å²) in [6.07, 6.45) is -3.49. The van der Waals surface area contributed by atoms with Gasteiger partial charge in [0.05, 0.1) is 6.54 Å². The van der Waals surface area contributed by atoms with Crippen LogP contribution >= 0.6 is 0 Å². The first-order valence-corrected chi connectivity index (χ1v) is 9.65. The van der Waals surface area contributed by atoms with Crippen LogP contribution in [0.3, 0.4) is 0 Å². The number of hydrogen-bond donors (Lipinski definition) is 2. The lowest BCUT2D eigenvalue weighted by Gasteiger charge is -2.33. The molecule has 2 rings (SSSR count). The van der Waals surface area contributed by atoms with Crippen LogP contribution in [0.5, 0.6) is 5.75 Å². The van der Waals surface area contributed by atoms with Crippen LogP contribution in [0, 0.1) is 0 Å². The van der Waals surface area contributed by atoms with Crippen LogP contribution in [0.25, 0.3) is 0 Å². The van der Waals surface area contributed by atoms with Crippen LogP contribution in [0.2, 0.25) is 0 Å². The van der Waals surface area contributed by atoms with Gasteiger partial charge in [-0.15, -0.1) is 13.2 Å². The van der Waals surface area contributed by atoms with Gasteiger partial charge in [0.1, 0.15) is 5.75 Å². The molecule has 1 aliphatic rings. The summed E-state index contributed by atoms with van der Waals surface area (Å²) in [6, 6.07) is 4.63. The van der Waals surface area contributed by atoms with E-state index in [1.165, 1.54) is 17.0 Å². The minimum atomic E-state index is -4.76. The van der Waals surface area contributed by atoms with E-state index < -0.39 is 16.4 Å². The predicted molar refractivity (Wildman–Crippen MR) is 93.5 cm³/mol. The fourth-order valence-electron chi connectivity index (χ4n) is 2.64. The number of rotatable bonds is 7. The quantitative estimate of drug-likeness (QED) is 0.722. The molecular formula is C16H20F3N3O4S. The Morgan fingerprint density at radius 3 is 2.59 bits per heavy atom. The SMILES string of the molecule is C=CS(=O)(=O)NC1CCCN(C(=O)CNc2ccc(OC(F)(F)F)cc2)C1. The third-order valence-electron chi connectivity index (χ3n) is 3.86. The van der Waals surface area contributed by atoms with Crippen LogP contribution in [0.4, 0.5) is 18.9 Å². The van der Waals surface area contributed by atoms with Gasteiger partial charge < -0.3 is 15.0 Å². The highest BCUT2D eigenvalue weighted by molar-refractivity contribution is 7.92. The molecule has 1 aromatic rings. The first kappa shape index (κ1) is 21.0. The van der Waals surface area contributed by atoms with Gasteiger partial charge in [0.25, 0.3) is 0 Å². The molecule has 150 valence electrons. The third-order valence-corrected chi connectivity index (χ3v) is 4.96. The molecule has 1 heterocycles. The molecule has 1 atom stereocenters. The average Bonchev–Trinajstić information content (AvgIpc) is 2.59. The summed E-state index contributed by atoms with van der Waals surface area (Å²) in [4.78, 5) is 13.8. The number of ether oxygens (including phenoxy) is 1. The molecule has 0 aromatic heterocycles. The Hall–Kier alpha value is -2.27. The topological polar surface area (TPSA) is 87.7 Å². The molecule has 0 aliphatic carbocycles. The monoisotopic (exact) mass is 407 g/mol. The number of carbonyl (C=O) groups is 1. The maximum atomic E-state index is 12.3. The molecule has 1 fully saturated rings. The maximum Gasteiger partial charge on any atom is 0.573 e. The molecule has 27 heavy (non-hydrogen) atoms. The van der Waals surface area contributed by atoms with Crippen molar-refractivity contribution in [2.24, 2.45) is 0 Å². The van der Waals surface area contributed by atoms with Crippen molar-refractivity contribution < 1.29 is 31.1 Å². The Kier molecular flexibility index (Phi) is 6.71. The Morgan fingerprint density at radius 1 is 1.33 bits per heavy atom. The van der Waals surface area contributed by atoms with E-state index in [9.17, 15) is 26.4 Å². The maximum absolute atomic E-state index is 12.3. The molecule has 1 aliphatic heterocycles. The van der Waals surface area contributed by atoms with E-state index >= 15 is 0 Å². The van der Waals surface area contributed by atoms with Crippen LogP contribution in [0.15, 0.2) is 36.3 Å². The van der Waals surface area contributed by atoms with Gasteiger partial charge in [-0.1, -0.05) is 6.58 Å². The lowest BCUT2D eigenvalue weighted by Crippen LogP contribution is -2.50. The van der Waals surface area contributed by atoms with Gasteiger partial charge in [0, 0.05) is 30.2 Å². The van der Waals surface area contributed by atoms with Gasteiger partial charge in [0.15, 0.2) is 0 Å². The Morgan fingerprint density at radius 2 is 2.00 bits per heavy atom. The number of hydrogen-bond acceptors (Lipinski definition) is 5. The van der Waals surface area contributed by atoms with Crippen molar-refractivity contribution in [2.45, 2.75) is 25.2 Å². The Labute approximate surface area is 155 Å². The summed E-state index contributed by atoms with van der Waals surface area (Å²) < 4.78 is 65.7. The lowest BCUT2D eigenvalue weighted by molar-refractivity contribution is -0.274. The number of carbonyl (C=O) groups excluding carboxylic acids is 1. The number of nitrogens with zero attached hydrogens (tertiary/aromatic N) is 1. The zero-order valence-electron chi connectivity index (χ0n) is 14.3. The van der Waals surface area contributed by atoms with Crippen molar-refractivity contribution in [3.8, 4) is 5.75 Å². The van der Waals surface area contributed by atoms with Gasteiger partial charge in [-0.2, -0.15) is 0 Å². The predicted octanol–water partition coefficient (Wildman–Crippen LogP) is 2.05. The second kappa shape index (κ2) is 8.61. The number of amides is 1. The smallest absolute Gasteiger partial charge is 0.406 e. The van der Waals surface area contributed by atoms with Crippen LogP contribution in [0.1, 0.15) is 12.8 Å². The van der Waals surface area contributed by atoms with Crippen molar-refractivity contribution in [2.75, 3.05) is 25.0 Å². The van der Waals surface area contributed by atoms with E-state index in [0.29, 0.717) is 25.1 Å². The number of anilines is 1. The molecule has 0 radical (unpaired) electrons. The summed E-state index contributed by atoms with van der Waals surface area (Å²) in [5.74, 6) is -0.596. The number of nitrogens with one attached hydrogen (secondary N) is 2. The van der Waals surface area contributed by atoms with Gasteiger partial charge in [-0.25, -0.2) is 13.1 Å². The standard InChI is InChI=1S/C16H20F3N3O4S/c1-2-27(24,25)21-13-4-3-9-22(11-13)15(23)10-20-12-5-7-14(8-6-12)26-16(17,18)19/h2,5-8,13,20-21H,1,3-4,9-11H2. The summed E-state index contributed by atoms with van der Waals surface area (Å²) >= 11 is 0. The highest BCUT2D eigenvalue weighted by atomic mass is 32.2. The van der Waals surface area contributed by atoms with Crippen LogP contribution < -0.4 is 14.8 Å². The van der Waals surface area contributed by atoms with Crippen molar-refractivity contribution in [1.82, 2.24) is 9.62 Å². The van der Waals surface area contributed by atoms with E-state index in [0.717, 1.165) is 17.5 Å². The molecule has 0 spiro atoms. The highest BCUT2D eigenvalue weighted by Gasteiger charge is 2.31. The number of likely N-dealkylation sites (tertiary alicyclic amines) is 1. The fourth-order valence-corrected chi connectivity index (χ4v) is 3.40. The number of sulfonamides is 1. The Balaban J connectivity index is 1.85. The zero-order chi connectivity index (χ0) is 20.1. The molecule has 7 nitrogen and oxygen atoms in total. The Bertz CT molecular complexity index is 766. The second-order valence-electron chi connectivity index (χ2n) is 5.93. The minimum absolute atomic E-state index is 0.0690.